The molecular weight excluding hydrogens is 220 g/mol. The minimum absolute atomic E-state index is 0.687. The Hall–Kier alpha value is -1.41. The highest BCUT2D eigenvalue weighted by Crippen LogP contribution is 2.20. The monoisotopic (exact) mass is 240 g/mol. The van der Waals surface area contributed by atoms with Crippen LogP contribution in [0.2, 0.25) is 0 Å². The molecule has 0 aliphatic heterocycles. The fourth-order valence-electron chi connectivity index (χ4n) is 2.37. The van der Waals surface area contributed by atoms with E-state index < -0.39 is 0 Å². The molecule has 2 heteroatoms. The van der Waals surface area contributed by atoms with Crippen molar-refractivity contribution in [1.82, 2.24) is 10.3 Å². The average Bonchev–Trinajstić information content (AvgIpc) is 3.20. The van der Waals surface area contributed by atoms with Crippen molar-refractivity contribution < 1.29 is 0 Å². The lowest BCUT2D eigenvalue weighted by molar-refractivity contribution is 0.509. The SMILES string of the molecule is CC(CNC1CC1)Cc1ccc2cccnc2c1. The topological polar surface area (TPSA) is 24.9 Å². The maximum atomic E-state index is 4.42. The van der Waals surface area contributed by atoms with E-state index in [1.54, 1.807) is 0 Å². The molecule has 0 spiro atoms. The van der Waals surface area contributed by atoms with Gasteiger partial charge in [-0.2, -0.15) is 0 Å². The molecule has 1 aromatic carbocycles. The maximum absolute atomic E-state index is 4.42. The van der Waals surface area contributed by atoms with Gasteiger partial charge in [0, 0.05) is 17.6 Å². The number of pyridine rings is 1. The number of nitrogens with zero attached hydrogens (tertiary/aromatic N) is 1. The molecule has 3 rings (SSSR count). The van der Waals surface area contributed by atoms with Gasteiger partial charge in [0.1, 0.15) is 0 Å². The minimum Gasteiger partial charge on any atom is -0.314 e. The highest BCUT2D eigenvalue weighted by Gasteiger charge is 2.20. The lowest BCUT2D eigenvalue weighted by Gasteiger charge is -2.12. The average molecular weight is 240 g/mol. The first kappa shape index (κ1) is 11.7. The van der Waals surface area contributed by atoms with Crippen molar-refractivity contribution in [2.45, 2.75) is 32.2 Å². The highest BCUT2D eigenvalue weighted by molar-refractivity contribution is 5.78. The van der Waals surface area contributed by atoms with Crippen LogP contribution in [0, 0.1) is 5.92 Å². The Bertz CT molecular complexity index is 531. The zero-order chi connectivity index (χ0) is 12.4. The number of hydrogen-bond acceptors (Lipinski definition) is 2. The van der Waals surface area contributed by atoms with Gasteiger partial charge in [-0.05, 0) is 49.4 Å². The summed E-state index contributed by atoms with van der Waals surface area (Å²) >= 11 is 0. The summed E-state index contributed by atoms with van der Waals surface area (Å²) in [5.41, 5.74) is 2.50. The Morgan fingerprint density at radius 3 is 3.06 bits per heavy atom. The molecule has 2 aromatic rings. The molecular formula is C16H20N2. The predicted molar refractivity (Wildman–Crippen MR) is 75.6 cm³/mol. The largest absolute Gasteiger partial charge is 0.314 e. The first-order valence-electron chi connectivity index (χ1n) is 6.88. The minimum atomic E-state index is 0.687. The van der Waals surface area contributed by atoms with Gasteiger partial charge in [-0.1, -0.05) is 25.1 Å². The van der Waals surface area contributed by atoms with Gasteiger partial charge in [0.15, 0.2) is 0 Å². The standard InChI is InChI=1S/C16H20N2/c1-12(11-18-15-6-7-15)9-13-4-5-14-3-2-8-17-16(14)10-13/h2-5,8,10,12,15,18H,6-7,9,11H2,1H3. The fraction of sp³-hybridized carbons (Fsp3) is 0.438. The molecule has 1 saturated carbocycles. The maximum Gasteiger partial charge on any atom is 0.0704 e. The molecule has 0 bridgehead atoms. The lowest BCUT2D eigenvalue weighted by Crippen LogP contribution is -2.24. The van der Waals surface area contributed by atoms with E-state index in [4.69, 9.17) is 0 Å². The summed E-state index contributed by atoms with van der Waals surface area (Å²) < 4.78 is 0. The second-order valence-corrected chi connectivity index (χ2v) is 5.52. The molecule has 0 amide bonds. The number of rotatable bonds is 5. The summed E-state index contributed by atoms with van der Waals surface area (Å²) in [6, 6.07) is 11.6. The summed E-state index contributed by atoms with van der Waals surface area (Å²) in [6.45, 7) is 3.45. The van der Waals surface area contributed by atoms with Crippen LogP contribution in [0.3, 0.4) is 0 Å². The Balaban J connectivity index is 1.65. The van der Waals surface area contributed by atoms with Gasteiger partial charge in [-0.15, -0.1) is 0 Å². The molecule has 1 atom stereocenters. The van der Waals surface area contributed by atoms with E-state index in [9.17, 15) is 0 Å². The van der Waals surface area contributed by atoms with Crippen LogP contribution in [-0.4, -0.2) is 17.6 Å². The van der Waals surface area contributed by atoms with Crippen molar-refractivity contribution in [2.75, 3.05) is 6.54 Å². The normalized spacial score (nSPS) is 16.9. The Morgan fingerprint density at radius 2 is 2.22 bits per heavy atom. The summed E-state index contributed by atoms with van der Waals surface area (Å²) in [7, 11) is 0. The third-order valence-electron chi connectivity index (χ3n) is 3.59. The van der Waals surface area contributed by atoms with Crippen molar-refractivity contribution in [3.63, 3.8) is 0 Å². The molecule has 18 heavy (non-hydrogen) atoms. The second-order valence-electron chi connectivity index (χ2n) is 5.52. The third-order valence-corrected chi connectivity index (χ3v) is 3.59. The number of hydrogen-bond donors (Lipinski definition) is 1. The smallest absolute Gasteiger partial charge is 0.0704 e. The lowest BCUT2D eigenvalue weighted by atomic mass is 10.00. The van der Waals surface area contributed by atoms with Crippen molar-refractivity contribution in [1.29, 1.82) is 0 Å². The number of fused-ring (bicyclic) bond motifs is 1. The summed E-state index contributed by atoms with van der Waals surface area (Å²) in [5.74, 6) is 0.687. The van der Waals surface area contributed by atoms with E-state index in [-0.39, 0.29) is 0 Å². The van der Waals surface area contributed by atoms with Crippen LogP contribution in [0.25, 0.3) is 10.9 Å². The Labute approximate surface area is 108 Å². The van der Waals surface area contributed by atoms with Gasteiger partial charge < -0.3 is 5.32 Å². The van der Waals surface area contributed by atoms with Gasteiger partial charge in [-0.3, -0.25) is 4.98 Å². The van der Waals surface area contributed by atoms with Crippen molar-refractivity contribution in [3.05, 3.63) is 42.1 Å². The van der Waals surface area contributed by atoms with Gasteiger partial charge in [0.25, 0.3) is 0 Å². The van der Waals surface area contributed by atoms with E-state index in [1.807, 2.05) is 12.3 Å². The molecule has 2 nitrogen and oxygen atoms in total. The Morgan fingerprint density at radius 1 is 1.33 bits per heavy atom. The number of benzene rings is 1. The van der Waals surface area contributed by atoms with Crippen LogP contribution in [0.5, 0.6) is 0 Å². The van der Waals surface area contributed by atoms with Gasteiger partial charge >= 0.3 is 0 Å². The van der Waals surface area contributed by atoms with Crippen molar-refractivity contribution >= 4 is 10.9 Å². The van der Waals surface area contributed by atoms with Gasteiger partial charge in [0.2, 0.25) is 0 Å². The molecule has 1 unspecified atom stereocenters. The molecule has 1 heterocycles. The number of nitrogens with one attached hydrogen (secondary N) is 1. The van der Waals surface area contributed by atoms with E-state index in [2.05, 4.69) is 41.5 Å². The Kier molecular flexibility index (Phi) is 3.28. The van der Waals surface area contributed by atoms with Crippen molar-refractivity contribution in [2.24, 2.45) is 5.92 Å². The molecule has 1 aliphatic carbocycles. The zero-order valence-corrected chi connectivity index (χ0v) is 10.9. The van der Waals surface area contributed by atoms with Crippen molar-refractivity contribution in [3.8, 4) is 0 Å². The van der Waals surface area contributed by atoms with Crippen LogP contribution < -0.4 is 5.32 Å². The van der Waals surface area contributed by atoms with Crippen LogP contribution in [0.4, 0.5) is 0 Å². The third kappa shape index (κ3) is 2.88. The molecule has 94 valence electrons. The van der Waals surface area contributed by atoms with Crippen LogP contribution in [-0.2, 0) is 6.42 Å². The van der Waals surface area contributed by atoms with Crippen LogP contribution in [0.15, 0.2) is 36.5 Å². The molecule has 0 saturated heterocycles. The van der Waals surface area contributed by atoms with E-state index in [0.717, 1.165) is 24.5 Å². The van der Waals surface area contributed by atoms with Gasteiger partial charge in [0.05, 0.1) is 5.52 Å². The molecule has 1 aromatic heterocycles. The van der Waals surface area contributed by atoms with E-state index >= 15 is 0 Å². The summed E-state index contributed by atoms with van der Waals surface area (Å²) in [5, 5.41) is 4.83. The fourth-order valence-corrected chi connectivity index (χ4v) is 2.37. The van der Waals surface area contributed by atoms with Gasteiger partial charge in [-0.25, -0.2) is 0 Å². The van der Waals surface area contributed by atoms with Crippen LogP contribution in [0.1, 0.15) is 25.3 Å². The molecule has 1 N–H and O–H groups in total. The zero-order valence-electron chi connectivity index (χ0n) is 10.9. The number of aromatic nitrogens is 1. The summed E-state index contributed by atoms with van der Waals surface area (Å²) in [4.78, 5) is 4.42. The molecule has 1 fully saturated rings. The quantitative estimate of drug-likeness (QED) is 0.868. The van der Waals surface area contributed by atoms with E-state index in [1.165, 1.54) is 23.8 Å². The second kappa shape index (κ2) is 5.07. The van der Waals surface area contributed by atoms with Crippen LogP contribution >= 0.6 is 0 Å². The summed E-state index contributed by atoms with van der Waals surface area (Å²) in [6.07, 6.45) is 5.73. The predicted octanol–water partition coefficient (Wildman–Crippen LogP) is 3.17. The van der Waals surface area contributed by atoms with E-state index in [0.29, 0.717) is 5.92 Å². The molecule has 1 aliphatic rings. The first-order valence-corrected chi connectivity index (χ1v) is 6.88. The highest BCUT2D eigenvalue weighted by atomic mass is 14.9. The molecule has 0 radical (unpaired) electrons. The first-order chi connectivity index (χ1) is 8.81.